The molecule has 2 fully saturated rings. The monoisotopic (exact) mass is 242 g/mol. The standard InChI is InChI=1S/C14H26O3/c1-13(2)6-9-10(7-13)14(3,4-5-15)8-11(16)12(9)17/h9-12,15-17H,4-8H2,1-3H3/t9-,10+,11+,12+,14+/m1/s1. The van der Waals surface area contributed by atoms with E-state index in [1.165, 1.54) is 0 Å². The van der Waals surface area contributed by atoms with E-state index in [4.69, 9.17) is 0 Å². The van der Waals surface area contributed by atoms with Crippen LogP contribution in [0.3, 0.4) is 0 Å². The maximum atomic E-state index is 10.2. The lowest BCUT2D eigenvalue weighted by Crippen LogP contribution is -2.49. The zero-order chi connectivity index (χ0) is 12.8. The first-order valence-corrected chi connectivity index (χ1v) is 6.76. The largest absolute Gasteiger partial charge is 0.396 e. The van der Waals surface area contributed by atoms with Gasteiger partial charge < -0.3 is 15.3 Å². The van der Waals surface area contributed by atoms with Crippen molar-refractivity contribution in [3.63, 3.8) is 0 Å². The quantitative estimate of drug-likeness (QED) is 0.688. The molecule has 0 aromatic rings. The summed E-state index contributed by atoms with van der Waals surface area (Å²) < 4.78 is 0. The molecule has 17 heavy (non-hydrogen) atoms. The Hall–Kier alpha value is -0.120. The fourth-order valence-electron chi connectivity index (χ4n) is 4.31. The third-order valence-electron chi connectivity index (χ3n) is 5.16. The molecule has 0 aromatic heterocycles. The summed E-state index contributed by atoms with van der Waals surface area (Å²) in [5.74, 6) is 0.633. The Morgan fingerprint density at radius 1 is 1.06 bits per heavy atom. The Morgan fingerprint density at radius 3 is 2.29 bits per heavy atom. The minimum atomic E-state index is -0.623. The molecule has 0 heterocycles. The molecule has 0 aliphatic heterocycles. The SMILES string of the molecule is CC1(C)C[C@H]2[C@H](O)[C@@H](O)C[C@](C)(CCO)[C@H]2C1. The Labute approximate surface area is 104 Å². The van der Waals surface area contributed by atoms with Crippen LogP contribution in [-0.4, -0.2) is 34.1 Å². The molecule has 2 aliphatic carbocycles. The van der Waals surface area contributed by atoms with Crippen molar-refractivity contribution in [2.45, 2.75) is 58.7 Å². The van der Waals surface area contributed by atoms with E-state index < -0.39 is 12.2 Å². The molecule has 0 saturated heterocycles. The molecule has 2 aliphatic rings. The third-order valence-corrected chi connectivity index (χ3v) is 5.16. The minimum Gasteiger partial charge on any atom is -0.396 e. The van der Waals surface area contributed by atoms with Gasteiger partial charge in [-0.25, -0.2) is 0 Å². The van der Waals surface area contributed by atoms with Gasteiger partial charge in [0.1, 0.15) is 0 Å². The minimum absolute atomic E-state index is 0.0220. The van der Waals surface area contributed by atoms with Gasteiger partial charge in [0.05, 0.1) is 12.2 Å². The highest BCUT2D eigenvalue weighted by atomic mass is 16.3. The van der Waals surface area contributed by atoms with Crippen molar-refractivity contribution in [1.29, 1.82) is 0 Å². The topological polar surface area (TPSA) is 60.7 Å². The molecule has 0 bridgehead atoms. The maximum absolute atomic E-state index is 10.2. The zero-order valence-electron chi connectivity index (χ0n) is 11.2. The van der Waals surface area contributed by atoms with Crippen molar-refractivity contribution in [2.24, 2.45) is 22.7 Å². The number of hydrogen-bond donors (Lipinski definition) is 3. The van der Waals surface area contributed by atoms with Crippen LogP contribution >= 0.6 is 0 Å². The molecule has 2 saturated carbocycles. The van der Waals surface area contributed by atoms with Crippen LogP contribution in [0.15, 0.2) is 0 Å². The molecule has 0 amide bonds. The summed E-state index contributed by atoms with van der Waals surface area (Å²) in [6.45, 7) is 6.81. The van der Waals surface area contributed by atoms with Crippen molar-refractivity contribution in [3.8, 4) is 0 Å². The number of aliphatic hydroxyl groups is 3. The first-order valence-electron chi connectivity index (χ1n) is 6.76. The van der Waals surface area contributed by atoms with Crippen LogP contribution in [0.5, 0.6) is 0 Å². The molecule has 0 unspecified atom stereocenters. The summed E-state index contributed by atoms with van der Waals surface area (Å²) in [7, 11) is 0. The molecule has 2 rings (SSSR count). The van der Waals surface area contributed by atoms with Crippen LogP contribution in [-0.2, 0) is 0 Å². The second-order valence-electron chi connectivity index (χ2n) is 7.23. The van der Waals surface area contributed by atoms with Crippen molar-refractivity contribution in [3.05, 3.63) is 0 Å². The average Bonchev–Trinajstić information content (AvgIpc) is 2.53. The Kier molecular flexibility index (Phi) is 3.30. The van der Waals surface area contributed by atoms with E-state index in [1.807, 2.05) is 0 Å². The predicted molar refractivity (Wildman–Crippen MR) is 66.4 cm³/mol. The first kappa shape index (κ1) is 13.3. The Bertz CT molecular complexity index is 289. The van der Waals surface area contributed by atoms with E-state index in [1.54, 1.807) is 0 Å². The number of aliphatic hydroxyl groups excluding tert-OH is 3. The van der Waals surface area contributed by atoms with Crippen LogP contribution in [0.1, 0.15) is 46.5 Å². The molecule has 5 atom stereocenters. The molecule has 3 nitrogen and oxygen atoms in total. The summed E-state index contributed by atoms with van der Waals surface area (Å²) in [6, 6.07) is 0. The van der Waals surface area contributed by atoms with Crippen molar-refractivity contribution in [2.75, 3.05) is 6.61 Å². The maximum Gasteiger partial charge on any atom is 0.0830 e. The molecule has 100 valence electrons. The Morgan fingerprint density at radius 2 is 1.71 bits per heavy atom. The van der Waals surface area contributed by atoms with Crippen molar-refractivity contribution >= 4 is 0 Å². The first-order chi connectivity index (χ1) is 7.79. The van der Waals surface area contributed by atoms with Crippen LogP contribution < -0.4 is 0 Å². The van der Waals surface area contributed by atoms with Gasteiger partial charge in [0.2, 0.25) is 0 Å². The molecule has 3 heteroatoms. The molecular formula is C14H26O3. The van der Waals surface area contributed by atoms with Crippen LogP contribution in [0.25, 0.3) is 0 Å². The van der Waals surface area contributed by atoms with Gasteiger partial charge >= 0.3 is 0 Å². The smallest absolute Gasteiger partial charge is 0.0830 e. The van der Waals surface area contributed by atoms with E-state index in [-0.39, 0.29) is 23.4 Å². The van der Waals surface area contributed by atoms with E-state index in [9.17, 15) is 15.3 Å². The second-order valence-corrected chi connectivity index (χ2v) is 7.23. The fourth-order valence-corrected chi connectivity index (χ4v) is 4.31. The lowest BCUT2D eigenvalue weighted by atomic mass is 9.60. The third kappa shape index (κ3) is 2.25. The van der Waals surface area contributed by atoms with Crippen molar-refractivity contribution in [1.82, 2.24) is 0 Å². The van der Waals surface area contributed by atoms with Gasteiger partial charge in [-0.05, 0) is 48.3 Å². The van der Waals surface area contributed by atoms with E-state index >= 15 is 0 Å². The van der Waals surface area contributed by atoms with E-state index in [0.29, 0.717) is 12.3 Å². The molecule has 0 radical (unpaired) electrons. The number of hydrogen-bond acceptors (Lipinski definition) is 3. The number of fused-ring (bicyclic) bond motifs is 1. The van der Waals surface area contributed by atoms with Crippen LogP contribution in [0.4, 0.5) is 0 Å². The summed E-state index contributed by atoms with van der Waals surface area (Å²) in [6.07, 6.45) is 2.23. The van der Waals surface area contributed by atoms with Gasteiger partial charge in [0.25, 0.3) is 0 Å². The Balaban J connectivity index is 2.26. The van der Waals surface area contributed by atoms with Gasteiger partial charge in [0.15, 0.2) is 0 Å². The predicted octanol–water partition coefficient (Wildman–Crippen LogP) is 1.55. The fraction of sp³-hybridized carbons (Fsp3) is 1.00. The van der Waals surface area contributed by atoms with Gasteiger partial charge in [-0.15, -0.1) is 0 Å². The molecule has 0 aromatic carbocycles. The van der Waals surface area contributed by atoms with E-state index in [0.717, 1.165) is 19.3 Å². The summed E-state index contributed by atoms with van der Waals surface area (Å²) >= 11 is 0. The lowest BCUT2D eigenvalue weighted by Gasteiger charge is -2.47. The van der Waals surface area contributed by atoms with Crippen LogP contribution in [0.2, 0.25) is 0 Å². The summed E-state index contributed by atoms with van der Waals surface area (Å²) in [5.41, 5.74) is 0.225. The normalized spacial score (nSPS) is 49.1. The molecular weight excluding hydrogens is 216 g/mol. The van der Waals surface area contributed by atoms with Gasteiger partial charge in [0, 0.05) is 6.61 Å². The zero-order valence-corrected chi connectivity index (χ0v) is 11.2. The average molecular weight is 242 g/mol. The van der Waals surface area contributed by atoms with Crippen molar-refractivity contribution < 1.29 is 15.3 Å². The molecule has 0 spiro atoms. The highest BCUT2D eigenvalue weighted by Crippen LogP contribution is 2.58. The van der Waals surface area contributed by atoms with Crippen LogP contribution in [0, 0.1) is 22.7 Å². The highest BCUT2D eigenvalue weighted by Gasteiger charge is 2.55. The van der Waals surface area contributed by atoms with Gasteiger partial charge in [-0.3, -0.25) is 0 Å². The lowest BCUT2D eigenvalue weighted by molar-refractivity contribution is -0.115. The number of rotatable bonds is 2. The van der Waals surface area contributed by atoms with Gasteiger partial charge in [-0.1, -0.05) is 20.8 Å². The molecule has 3 N–H and O–H groups in total. The van der Waals surface area contributed by atoms with E-state index in [2.05, 4.69) is 20.8 Å². The highest BCUT2D eigenvalue weighted by molar-refractivity contribution is 5.05. The summed E-state index contributed by atoms with van der Waals surface area (Å²) in [4.78, 5) is 0. The second kappa shape index (κ2) is 4.22. The van der Waals surface area contributed by atoms with Gasteiger partial charge in [-0.2, -0.15) is 0 Å². The summed E-state index contributed by atoms with van der Waals surface area (Å²) in [5, 5.41) is 29.4.